The van der Waals surface area contributed by atoms with Crippen molar-refractivity contribution in [3.63, 3.8) is 0 Å². The first-order valence-electron chi connectivity index (χ1n) is 10.6. The molecule has 1 aromatic heterocycles. The molecule has 10 nitrogen and oxygen atoms in total. The molecular weight excluding hydrogens is 452 g/mol. The van der Waals surface area contributed by atoms with Crippen LogP contribution in [0.1, 0.15) is 13.3 Å². The first kappa shape index (κ1) is 22.9. The molecule has 2 N–H and O–H groups in total. The predicted octanol–water partition coefficient (Wildman–Crippen LogP) is 0.481. The summed E-state index contributed by atoms with van der Waals surface area (Å²) in [4.78, 5) is 16.7. The number of hydrogen-bond acceptors (Lipinski definition) is 9. The Morgan fingerprint density at radius 3 is 2.53 bits per heavy atom. The maximum absolute atomic E-state index is 12.7. The molecule has 1 atom stereocenters. The SMILES string of the molecule is CCOc1ccc(-c2nnc(SCC(=O)N3CCN([C@@H]4CCS(=O)(=O)C4)CC3)n2N)cc1. The van der Waals surface area contributed by atoms with Gasteiger partial charge in [-0.05, 0) is 37.6 Å². The standard InChI is InChI=1S/C20H28N6O4S2/c1-2-30-17-5-3-15(4-6-17)19-22-23-20(26(19)21)31-13-18(27)25-10-8-24(9-11-25)16-7-12-32(28,29)14-16/h3-6,16H,2,7-14,21H2,1H3/t16-/m1/s1. The molecule has 0 aliphatic carbocycles. The number of piperazine rings is 1. The van der Waals surface area contributed by atoms with Gasteiger partial charge in [-0.1, -0.05) is 11.8 Å². The average Bonchev–Trinajstić information content (AvgIpc) is 3.34. The Hall–Kier alpha value is -2.31. The molecule has 2 aliphatic rings. The summed E-state index contributed by atoms with van der Waals surface area (Å²) in [6, 6.07) is 7.53. The number of rotatable bonds is 7. The van der Waals surface area contributed by atoms with Gasteiger partial charge in [0.15, 0.2) is 15.7 Å². The highest BCUT2D eigenvalue weighted by atomic mass is 32.2. The average molecular weight is 481 g/mol. The largest absolute Gasteiger partial charge is 0.494 e. The maximum Gasteiger partial charge on any atom is 0.233 e. The summed E-state index contributed by atoms with van der Waals surface area (Å²) in [6.45, 7) is 5.12. The Morgan fingerprint density at radius 2 is 1.91 bits per heavy atom. The van der Waals surface area contributed by atoms with Crippen LogP contribution in [0, 0.1) is 0 Å². The number of aromatic nitrogens is 3. The van der Waals surface area contributed by atoms with Crippen molar-refractivity contribution in [3.05, 3.63) is 24.3 Å². The van der Waals surface area contributed by atoms with Crippen LogP contribution >= 0.6 is 11.8 Å². The topological polar surface area (TPSA) is 124 Å². The van der Waals surface area contributed by atoms with Gasteiger partial charge in [0, 0.05) is 37.8 Å². The Balaban J connectivity index is 1.28. The summed E-state index contributed by atoms with van der Waals surface area (Å²) < 4.78 is 30.3. The van der Waals surface area contributed by atoms with Crippen LogP contribution in [0.4, 0.5) is 0 Å². The minimum atomic E-state index is -2.90. The zero-order valence-electron chi connectivity index (χ0n) is 18.0. The van der Waals surface area contributed by atoms with Crippen molar-refractivity contribution in [3.8, 4) is 17.1 Å². The lowest BCUT2D eigenvalue weighted by atomic mass is 10.2. The third kappa shape index (κ3) is 5.18. The van der Waals surface area contributed by atoms with Gasteiger partial charge in [0.1, 0.15) is 5.75 Å². The van der Waals surface area contributed by atoms with Gasteiger partial charge in [0.05, 0.1) is 23.9 Å². The van der Waals surface area contributed by atoms with E-state index in [2.05, 4.69) is 15.1 Å². The Morgan fingerprint density at radius 1 is 1.19 bits per heavy atom. The van der Waals surface area contributed by atoms with Crippen molar-refractivity contribution in [1.29, 1.82) is 0 Å². The molecule has 0 bridgehead atoms. The van der Waals surface area contributed by atoms with Crippen molar-refractivity contribution in [1.82, 2.24) is 24.7 Å². The van der Waals surface area contributed by atoms with Gasteiger partial charge in [-0.15, -0.1) is 10.2 Å². The third-order valence-electron chi connectivity index (χ3n) is 5.80. The van der Waals surface area contributed by atoms with Crippen LogP contribution in [0.3, 0.4) is 0 Å². The molecule has 0 spiro atoms. The van der Waals surface area contributed by atoms with E-state index >= 15 is 0 Å². The highest BCUT2D eigenvalue weighted by Gasteiger charge is 2.34. The van der Waals surface area contributed by atoms with E-state index in [1.807, 2.05) is 36.1 Å². The molecule has 2 saturated heterocycles. The first-order chi connectivity index (χ1) is 15.4. The van der Waals surface area contributed by atoms with E-state index in [4.69, 9.17) is 10.6 Å². The van der Waals surface area contributed by atoms with Gasteiger partial charge in [0.25, 0.3) is 0 Å². The van der Waals surface area contributed by atoms with Crippen molar-refractivity contribution in [2.24, 2.45) is 0 Å². The van der Waals surface area contributed by atoms with Gasteiger partial charge in [-0.25, -0.2) is 13.1 Å². The second-order valence-corrected chi connectivity index (χ2v) is 11.1. The molecular formula is C20H28N6O4S2. The molecule has 2 aliphatic heterocycles. The van der Waals surface area contributed by atoms with E-state index < -0.39 is 9.84 Å². The molecule has 12 heteroatoms. The summed E-state index contributed by atoms with van der Waals surface area (Å²) in [5.74, 6) is 8.19. The zero-order valence-corrected chi connectivity index (χ0v) is 19.6. The van der Waals surface area contributed by atoms with E-state index in [0.29, 0.717) is 50.2 Å². The van der Waals surface area contributed by atoms with Gasteiger partial charge in [0.2, 0.25) is 11.1 Å². The Labute approximate surface area is 192 Å². The summed E-state index contributed by atoms with van der Waals surface area (Å²) in [5, 5.41) is 8.76. The van der Waals surface area contributed by atoms with Gasteiger partial charge < -0.3 is 15.5 Å². The predicted molar refractivity (Wildman–Crippen MR) is 123 cm³/mol. The van der Waals surface area contributed by atoms with Crippen LogP contribution < -0.4 is 10.6 Å². The molecule has 1 aromatic carbocycles. The number of nitrogens with two attached hydrogens (primary N) is 1. The summed E-state index contributed by atoms with van der Waals surface area (Å²) in [7, 11) is -2.90. The smallest absolute Gasteiger partial charge is 0.233 e. The number of amides is 1. The minimum absolute atomic E-state index is 0.0133. The number of nitrogens with zero attached hydrogens (tertiary/aromatic N) is 5. The highest BCUT2D eigenvalue weighted by molar-refractivity contribution is 7.99. The normalized spacial score (nSPS) is 21.0. The maximum atomic E-state index is 12.7. The highest BCUT2D eigenvalue weighted by Crippen LogP contribution is 2.24. The molecule has 2 aromatic rings. The van der Waals surface area contributed by atoms with Crippen LogP contribution in [0.15, 0.2) is 29.4 Å². The van der Waals surface area contributed by atoms with E-state index in [0.717, 1.165) is 11.3 Å². The minimum Gasteiger partial charge on any atom is -0.494 e. The van der Waals surface area contributed by atoms with Gasteiger partial charge in [-0.2, -0.15) is 0 Å². The monoisotopic (exact) mass is 480 g/mol. The molecule has 4 rings (SSSR count). The number of sulfone groups is 1. The van der Waals surface area contributed by atoms with Crippen LogP contribution in [-0.2, 0) is 14.6 Å². The summed E-state index contributed by atoms with van der Waals surface area (Å²) >= 11 is 1.26. The molecule has 2 fully saturated rings. The molecule has 0 radical (unpaired) electrons. The first-order valence-corrected chi connectivity index (χ1v) is 13.5. The molecule has 0 unspecified atom stereocenters. The lowest BCUT2D eigenvalue weighted by molar-refractivity contribution is -0.130. The number of carbonyl (C=O) groups is 1. The van der Waals surface area contributed by atoms with Crippen molar-refractivity contribution >= 4 is 27.5 Å². The van der Waals surface area contributed by atoms with Crippen LogP contribution in [0.2, 0.25) is 0 Å². The van der Waals surface area contributed by atoms with E-state index in [-0.39, 0.29) is 29.2 Å². The fraction of sp³-hybridized carbons (Fsp3) is 0.550. The molecule has 174 valence electrons. The molecule has 32 heavy (non-hydrogen) atoms. The van der Waals surface area contributed by atoms with Gasteiger partial charge >= 0.3 is 0 Å². The van der Waals surface area contributed by atoms with Crippen molar-refractivity contribution in [2.75, 3.05) is 55.9 Å². The van der Waals surface area contributed by atoms with Gasteiger partial charge in [-0.3, -0.25) is 9.69 Å². The van der Waals surface area contributed by atoms with Crippen LogP contribution in [0.5, 0.6) is 5.75 Å². The van der Waals surface area contributed by atoms with E-state index in [1.165, 1.54) is 16.4 Å². The molecule has 0 saturated carbocycles. The summed E-state index contributed by atoms with van der Waals surface area (Å²) in [6.07, 6.45) is 0.689. The van der Waals surface area contributed by atoms with Crippen LogP contribution in [0.25, 0.3) is 11.4 Å². The zero-order chi connectivity index (χ0) is 22.7. The van der Waals surface area contributed by atoms with E-state index in [9.17, 15) is 13.2 Å². The molecule has 1 amide bonds. The summed E-state index contributed by atoms with van der Waals surface area (Å²) in [5.41, 5.74) is 0.812. The lowest BCUT2D eigenvalue weighted by Gasteiger charge is -2.37. The number of thioether (sulfide) groups is 1. The third-order valence-corrected chi connectivity index (χ3v) is 8.48. The number of hydrogen-bond donors (Lipinski definition) is 1. The Kier molecular flexibility index (Phi) is 6.91. The lowest BCUT2D eigenvalue weighted by Crippen LogP contribution is -2.52. The second kappa shape index (κ2) is 9.67. The quantitative estimate of drug-likeness (QED) is 0.445. The van der Waals surface area contributed by atoms with Crippen molar-refractivity contribution in [2.45, 2.75) is 24.5 Å². The van der Waals surface area contributed by atoms with Crippen molar-refractivity contribution < 1.29 is 17.9 Å². The fourth-order valence-corrected chi connectivity index (χ4v) is 6.58. The number of ether oxygens (including phenoxy) is 1. The number of nitrogen functional groups attached to an aromatic ring is 1. The number of benzene rings is 1. The Bertz CT molecular complexity index is 1050. The fourth-order valence-electron chi connectivity index (χ4n) is 4.06. The van der Waals surface area contributed by atoms with Crippen LogP contribution in [-0.4, -0.2) is 95.1 Å². The second-order valence-electron chi connectivity index (χ2n) is 7.90. The van der Waals surface area contributed by atoms with E-state index in [1.54, 1.807) is 0 Å². The number of carbonyl (C=O) groups excluding carboxylic acids is 1. The molecule has 3 heterocycles.